The Morgan fingerprint density at radius 1 is 1.23 bits per heavy atom. The lowest BCUT2D eigenvalue weighted by atomic mass is 10.3. The molecule has 0 fully saturated rings. The summed E-state index contributed by atoms with van der Waals surface area (Å²) in [5.74, 6) is -0.0415. The molecule has 0 spiro atoms. The van der Waals surface area contributed by atoms with Crippen LogP contribution < -0.4 is 20.5 Å². The third-order valence-electron chi connectivity index (χ3n) is 2.50. The van der Waals surface area contributed by atoms with Crippen molar-refractivity contribution in [3.05, 3.63) is 18.2 Å². The number of esters is 1. The van der Waals surface area contributed by atoms with Gasteiger partial charge in [0.1, 0.15) is 13.2 Å². The van der Waals surface area contributed by atoms with Crippen LogP contribution in [0.1, 0.15) is 0 Å². The Balaban J connectivity index is 1.76. The number of hydrogen-bond donors (Lipinski definition) is 2. The molecule has 3 N–H and O–H groups in total. The minimum atomic E-state index is -0.994. The maximum atomic E-state index is 11.5. The Labute approximate surface area is 130 Å². The first-order valence-corrected chi connectivity index (χ1v) is 7.30. The van der Waals surface area contributed by atoms with Gasteiger partial charge in [0, 0.05) is 4.90 Å². The highest BCUT2D eigenvalue weighted by atomic mass is 32.2. The third kappa shape index (κ3) is 4.85. The van der Waals surface area contributed by atoms with E-state index >= 15 is 0 Å². The first-order valence-electron chi connectivity index (χ1n) is 6.32. The Bertz CT molecular complexity index is 592. The Kier molecular flexibility index (Phi) is 5.48. The van der Waals surface area contributed by atoms with Gasteiger partial charge in [-0.3, -0.25) is 14.9 Å². The largest absolute Gasteiger partial charge is 0.486 e. The normalized spacial score (nSPS) is 12.4. The maximum Gasteiger partial charge on any atom is 0.318 e. The number of amides is 3. The predicted octanol–water partition coefficient (Wildman–Crippen LogP) is 0.288. The molecule has 0 aliphatic carbocycles. The number of imide groups is 1. The second-order valence-corrected chi connectivity index (χ2v) is 5.22. The van der Waals surface area contributed by atoms with Crippen molar-refractivity contribution in [3.63, 3.8) is 0 Å². The molecule has 3 amide bonds. The predicted molar refractivity (Wildman–Crippen MR) is 76.8 cm³/mol. The van der Waals surface area contributed by atoms with Gasteiger partial charge in [-0.05, 0) is 18.2 Å². The van der Waals surface area contributed by atoms with Crippen molar-refractivity contribution in [2.45, 2.75) is 4.90 Å². The van der Waals surface area contributed by atoms with Crippen LogP contribution >= 0.6 is 11.8 Å². The van der Waals surface area contributed by atoms with E-state index in [1.807, 2.05) is 0 Å². The number of nitrogens with one attached hydrogen (secondary N) is 1. The summed E-state index contributed by atoms with van der Waals surface area (Å²) >= 11 is 1.23. The second kappa shape index (κ2) is 7.55. The Morgan fingerprint density at radius 3 is 2.68 bits per heavy atom. The van der Waals surface area contributed by atoms with E-state index in [9.17, 15) is 14.4 Å². The number of ether oxygens (including phenoxy) is 3. The molecule has 1 aliphatic heterocycles. The van der Waals surface area contributed by atoms with Gasteiger partial charge in [-0.2, -0.15) is 0 Å². The summed E-state index contributed by atoms with van der Waals surface area (Å²) in [6, 6.07) is 4.34. The lowest BCUT2D eigenvalue weighted by Gasteiger charge is -2.18. The smallest absolute Gasteiger partial charge is 0.318 e. The zero-order chi connectivity index (χ0) is 15.9. The van der Waals surface area contributed by atoms with Crippen LogP contribution in [-0.2, 0) is 14.3 Å². The molecular formula is C13H14N2O6S. The molecule has 0 bridgehead atoms. The van der Waals surface area contributed by atoms with Gasteiger partial charge in [0.15, 0.2) is 18.1 Å². The van der Waals surface area contributed by atoms with E-state index in [-0.39, 0.29) is 5.75 Å². The molecule has 0 saturated heterocycles. The minimum absolute atomic E-state index is 0.0174. The van der Waals surface area contributed by atoms with E-state index in [0.717, 1.165) is 4.90 Å². The molecule has 0 atom stereocenters. The van der Waals surface area contributed by atoms with Crippen LogP contribution in [0.25, 0.3) is 0 Å². The van der Waals surface area contributed by atoms with Gasteiger partial charge >= 0.3 is 12.0 Å². The van der Waals surface area contributed by atoms with Gasteiger partial charge < -0.3 is 19.9 Å². The number of benzene rings is 1. The van der Waals surface area contributed by atoms with Crippen LogP contribution in [-0.4, -0.2) is 43.5 Å². The van der Waals surface area contributed by atoms with Gasteiger partial charge in [0.25, 0.3) is 5.91 Å². The number of urea groups is 1. The van der Waals surface area contributed by atoms with Gasteiger partial charge in [-0.25, -0.2) is 4.79 Å². The van der Waals surface area contributed by atoms with E-state index in [0.29, 0.717) is 24.7 Å². The first-order chi connectivity index (χ1) is 10.5. The number of primary amides is 1. The number of carbonyl (C=O) groups is 3. The van der Waals surface area contributed by atoms with E-state index in [1.54, 1.807) is 23.5 Å². The van der Waals surface area contributed by atoms with Crippen molar-refractivity contribution in [2.75, 3.05) is 25.6 Å². The lowest BCUT2D eigenvalue weighted by Crippen LogP contribution is -2.37. The van der Waals surface area contributed by atoms with Crippen molar-refractivity contribution in [2.24, 2.45) is 5.73 Å². The lowest BCUT2D eigenvalue weighted by molar-refractivity contribution is -0.145. The standard InChI is InChI=1S/C13H14N2O6S/c14-13(18)15-11(16)6-21-12(17)7-22-8-1-2-9-10(5-8)20-4-3-19-9/h1-2,5H,3-4,6-7H2,(H3,14,15,16,18). The van der Waals surface area contributed by atoms with E-state index in [1.165, 1.54) is 11.8 Å². The SMILES string of the molecule is NC(=O)NC(=O)COC(=O)CSc1ccc2c(c1)OCCO2. The Morgan fingerprint density at radius 2 is 1.95 bits per heavy atom. The topological polar surface area (TPSA) is 117 Å². The average Bonchev–Trinajstić information content (AvgIpc) is 2.50. The molecular weight excluding hydrogens is 312 g/mol. The van der Waals surface area contributed by atoms with Crippen molar-refractivity contribution in [1.82, 2.24) is 5.32 Å². The quantitative estimate of drug-likeness (QED) is 0.590. The molecule has 0 unspecified atom stereocenters. The number of carbonyl (C=O) groups excluding carboxylic acids is 3. The summed E-state index contributed by atoms with van der Waals surface area (Å²) in [7, 11) is 0. The van der Waals surface area contributed by atoms with Gasteiger partial charge in [-0.1, -0.05) is 0 Å². The van der Waals surface area contributed by atoms with Crippen molar-refractivity contribution in [1.29, 1.82) is 0 Å². The Hall–Kier alpha value is -2.42. The average molecular weight is 326 g/mol. The molecule has 1 aromatic carbocycles. The van der Waals surface area contributed by atoms with E-state index < -0.39 is 24.5 Å². The van der Waals surface area contributed by atoms with Crippen LogP contribution in [0, 0.1) is 0 Å². The van der Waals surface area contributed by atoms with Crippen LogP contribution in [0.3, 0.4) is 0 Å². The summed E-state index contributed by atoms with van der Waals surface area (Å²) in [5.41, 5.74) is 4.75. The number of nitrogens with two attached hydrogens (primary N) is 1. The van der Waals surface area contributed by atoms with Crippen LogP contribution in [0.2, 0.25) is 0 Å². The number of fused-ring (bicyclic) bond motifs is 1. The highest BCUT2D eigenvalue weighted by molar-refractivity contribution is 8.00. The van der Waals surface area contributed by atoms with Crippen molar-refractivity contribution < 1.29 is 28.6 Å². The fourth-order valence-corrected chi connectivity index (χ4v) is 2.34. The highest BCUT2D eigenvalue weighted by Gasteiger charge is 2.13. The summed E-state index contributed by atoms with van der Waals surface area (Å²) < 4.78 is 15.5. The molecule has 118 valence electrons. The summed E-state index contributed by atoms with van der Waals surface area (Å²) in [6.07, 6.45) is 0. The zero-order valence-electron chi connectivity index (χ0n) is 11.5. The molecule has 22 heavy (non-hydrogen) atoms. The van der Waals surface area contributed by atoms with Gasteiger partial charge in [0.2, 0.25) is 0 Å². The monoisotopic (exact) mass is 326 g/mol. The number of thioether (sulfide) groups is 1. The summed E-state index contributed by atoms with van der Waals surface area (Å²) in [4.78, 5) is 33.8. The van der Waals surface area contributed by atoms with E-state index in [2.05, 4.69) is 0 Å². The molecule has 8 nitrogen and oxygen atoms in total. The minimum Gasteiger partial charge on any atom is -0.486 e. The molecule has 1 aromatic rings. The first kappa shape index (κ1) is 16.0. The third-order valence-corrected chi connectivity index (χ3v) is 3.46. The molecule has 1 heterocycles. The zero-order valence-corrected chi connectivity index (χ0v) is 12.3. The molecule has 9 heteroatoms. The highest BCUT2D eigenvalue weighted by Crippen LogP contribution is 2.34. The van der Waals surface area contributed by atoms with Crippen molar-refractivity contribution in [3.8, 4) is 11.5 Å². The van der Waals surface area contributed by atoms with Gasteiger partial charge in [0.05, 0.1) is 5.75 Å². The second-order valence-electron chi connectivity index (χ2n) is 4.17. The maximum absolute atomic E-state index is 11.5. The number of rotatable bonds is 5. The molecule has 0 saturated carbocycles. The number of hydrogen-bond acceptors (Lipinski definition) is 7. The summed E-state index contributed by atoms with van der Waals surface area (Å²) in [5, 5.41) is 1.79. The van der Waals surface area contributed by atoms with Crippen LogP contribution in [0.5, 0.6) is 11.5 Å². The fraction of sp³-hybridized carbons (Fsp3) is 0.308. The van der Waals surface area contributed by atoms with Gasteiger partial charge in [-0.15, -0.1) is 11.8 Å². The van der Waals surface area contributed by atoms with Crippen LogP contribution in [0.15, 0.2) is 23.1 Å². The molecule has 0 aromatic heterocycles. The van der Waals surface area contributed by atoms with Crippen LogP contribution in [0.4, 0.5) is 4.79 Å². The molecule has 1 aliphatic rings. The van der Waals surface area contributed by atoms with Crippen molar-refractivity contribution >= 4 is 29.7 Å². The fourth-order valence-electron chi connectivity index (χ4n) is 1.62. The van der Waals surface area contributed by atoms with E-state index in [4.69, 9.17) is 19.9 Å². The molecule has 2 rings (SSSR count). The summed E-state index contributed by atoms with van der Waals surface area (Å²) in [6.45, 7) is 0.445. The molecule has 0 radical (unpaired) electrons.